The molecule has 0 aliphatic rings. The van der Waals surface area contributed by atoms with Gasteiger partial charge < -0.3 is 4.98 Å². The Morgan fingerprint density at radius 1 is 0.571 bits per heavy atom. The molecule has 35 heavy (non-hydrogen) atoms. The Kier molecular flexibility index (Phi) is 6.08. The van der Waals surface area contributed by atoms with Gasteiger partial charge in [-0.3, -0.25) is 0 Å². The van der Waals surface area contributed by atoms with Crippen LogP contribution in [-0.4, -0.2) is 9.97 Å². The van der Waals surface area contributed by atoms with Crippen molar-refractivity contribution in [1.82, 2.24) is 9.97 Å². The summed E-state index contributed by atoms with van der Waals surface area (Å²) in [6.45, 7) is 6.67. The lowest BCUT2D eigenvalue weighted by Crippen LogP contribution is -2.10. The molecule has 0 unspecified atom stereocenters. The molecule has 2 heteroatoms. The first-order valence-electron chi connectivity index (χ1n) is 11.9. The third kappa shape index (κ3) is 5.10. The third-order valence-electron chi connectivity index (χ3n) is 6.07. The van der Waals surface area contributed by atoms with E-state index in [0.717, 1.165) is 45.0 Å². The standard InChI is InChI=1S/C33H28N2/c1-33(2,3)29-22-18-25(19-23-29)15-14-24-16-20-28(21-17-24)32-34-30(26-10-6-4-7-11-26)31(35-32)27-12-8-5-9-13-27/h4-13,16-23H,1-3H3,(H,34,35). The molecule has 1 heterocycles. The van der Waals surface area contributed by atoms with Crippen molar-refractivity contribution in [3.05, 3.63) is 126 Å². The van der Waals surface area contributed by atoms with Crippen LogP contribution in [0.4, 0.5) is 0 Å². The van der Waals surface area contributed by atoms with Gasteiger partial charge in [-0.05, 0) is 35.2 Å². The minimum atomic E-state index is 0.147. The topological polar surface area (TPSA) is 28.7 Å². The molecule has 1 aromatic heterocycles. The number of aromatic amines is 1. The molecule has 5 aromatic rings. The van der Waals surface area contributed by atoms with Gasteiger partial charge in [0.05, 0.1) is 11.4 Å². The first kappa shape index (κ1) is 22.4. The lowest BCUT2D eigenvalue weighted by atomic mass is 9.87. The highest BCUT2D eigenvalue weighted by atomic mass is 14.9. The van der Waals surface area contributed by atoms with Crippen molar-refractivity contribution >= 4 is 0 Å². The molecule has 4 aromatic carbocycles. The first-order valence-corrected chi connectivity index (χ1v) is 11.9. The average molecular weight is 453 g/mol. The monoisotopic (exact) mass is 452 g/mol. The van der Waals surface area contributed by atoms with Crippen molar-refractivity contribution in [2.45, 2.75) is 26.2 Å². The van der Waals surface area contributed by atoms with Gasteiger partial charge in [-0.2, -0.15) is 0 Å². The van der Waals surface area contributed by atoms with Crippen LogP contribution in [0.2, 0.25) is 0 Å². The predicted octanol–water partition coefficient (Wildman–Crippen LogP) is 8.11. The van der Waals surface area contributed by atoms with Crippen LogP contribution < -0.4 is 0 Å². The van der Waals surface area contributed by atoms with Gasteiger partial charge in [-0.15, -0.1) is 0 Å². The second-order valence-electron chi connectivity index (χ2n) is 9.70. The molecule has 0 aliphatic carbocycles. The summed E-state index contributed by atoms with van der Waals surface area (Å²) in [5.74, 6) is 7.41. The fraction of sp³-hybridized carbons (Fsp3) is 0.121. The molecular formula is C33H28N2. The summed E-state index contributed by atoms with van der Waals surface area (Å²) in [6, 6.07) is 37.4. The Morgan fingerprint density at radius 2 is 1.09 bits per heavy atom. The van der Waals surface area contributed by atoms with Gasteiger partial charge in [0.2, 0.25) is 0 Å². The molecule has 0 bridgehead atoms. The number of nitrogens with zero attached hydrogens (tertiary/aromatic N) is 1. The molecule has 2 nitrogen and oxygen atoms in total. The Hall–Kier alpha value is -4.35. The van der Waals surface area contributed by atoms with Gasteiger partial charge in [0.25, 0.3) is 0 Å². The molecule has 170 valence electrons. The van der Waals surface area contributed by atoms with Crippen LogP contribution in [0.5, 0.6) is 0 Å². The molecule has 0 spiro atoms. The smallest absolute Gasteiger partial charge is 0.138 e. The van der Waals surface area contributed by atoms with E-state index in [2.05, 4.69) is 123 Å². The Bertz CT molecular complexity index is 1420. The normalized spacial score (nSPS) is 11.1. The maximum absolute atomic E-state index is 4.99. The highest BCUT2D eigenvalue weighted by Gasteiger charge is 2.15. The molecule has 0 amide bonds. The van der Waals surface area contributed by atoms with Crippen molar-refractivity contribution in [2.24, 2.45) is 0 Å². The summed E-state index contributed by atoms with van der Waals surface area (Å²) >= 11 is 0. The SMILES string of the molecule is CC(C)(C)c1ccc(C#Cc2ccc(-c3nc(-c4ccccc4)c(-c4ccccc4)[nH]3)cc2)cc1. The van der Waals surface area contributed by atoms with Crippen molar-refractivity contribution in [3.63, 3.8) is 0 Å². The van der Waals surface area contributed by atoms with Crippen molar-refractivity contribution in [2.75, 3.05) is 0 Å². The lowest BCUT2D eigenvalue weighted by molar-refractivity contribution is 0.590. The second-order valence-corrected chi connectivity index (χ2v) is 9.70. The van der Waals surface area contributed by atoms with E-state index >= 15 is 0 Å². The van der Waals surface area contributed by atoms with Crippen LogP contribution in [0.3, 0.4) is 0 Å². The molecular weight excluding hydrogens is 424 g/mol. The molecule has 0 radical (unpaired) electrons. The molecule has 0 atom stereocenters. The summed E-state index contributed by atoms with van der Waals surface area (Å²) in [5, 5.41) is 0. The molecule has 1 N–H and O–H groups in total. The minimum Gasteiger partial charge on any atom is -0.337 e. The zero-order valence-electron chi connectivity index (χ0n) is 20.3. The average Bonchev–Trinajstić information content (AvgIpc) is 3.34. The summed E-state index contributed by atoms with van der Waals surface area (Å²) in [6.07, 6.45) is 0. The van der Waals surface area contributed by atoms with Crippen LogP contribution in [0.25, 0.3) is 33.9 Å². The number of hydrogen-bond donors (Lipinski definition) is 1. The number of hydrogen-bond acceptors (Lipinski definition) is 1. The number of aromatic nitrogens is 2. The maximum Gasteiger partial charge on any atom is 0.138 e. The van der Waals surface area contributed by atoms with E-state index in [1.165, 1.54) is 5.56 Å². The molecule has 0 saturated heterocycles. The zero-order chi connectivity index (χ0) is 24.3. The number of benzene rings is 4. The fourth-order valence-electron chi connectivity index (χ4n) is 4.04. The van der Waals surface area contributed by atoms with E-state index in [1.54, 1.807) is 0 Å². The summed E-state index contributed by atoms with van der Waals surface area (Å²) in [5.41, 5.74) is 8.68. The summed E-state index contributed by atoms with van der Waals surface area (Å²) < 4.78 is 0. The molecule has 0 saturated carbocycles. The Labute approximate surface area is 207 Å². The number of nitrogens with one attached hydrogen (secondary N) is 1. The maximum atomic E-state index is 4.99. The number of H-pyrrole nitrogens is 1. The van der Waals surface area contributed by atoms with E-state index in [0.29, 0.717) is 0 Å². The van der Waals surface area contributed by atoms with Crippen molar-refractivity contribution < 1.29 is 0 Å². The molecule has 0 aliphatic heterocycles. The Morgan fingerprint density at radius 3 is 1.63 bits per heavy atom. The second kappa shape index (κ2) is 9.49. The van der Waals surface area contributed by atoms with Crippen LogP contribution in [-0.2, 0) is 5.41 Å². The van der Waals surface area contributed by atoms with E-state index < -0.39 is 0 Å². The highest BCUT2D eigenvalue weighted by molar-refractivity contribution is 5.81. The fourth-order valence-corrected chi connectivity index (χ4v) is 4.04. The van der Waals surface area contributed by atoms with Crippen LogP contribution in [0.15, 0.2) is 109 Å². The van der Waals surface area contributed by atoms with Crippen LogP contribution in [0, 0.1) is 11.8 Å². The van der Waals surface area contributed by atoms with Crippen LogP contribution >= 0.6 is 0 Å². The van der Waals surface area contributed by atoms with E-state index in [9.17, 15) is 0 Å². The van der Waals surface area contributed by atoms with Crippen molar-refractivity contribution in [1.29, 1.82) is 0 Å². The van der Waals surface area contributed by atoms with Gasteiger partial charge in [0.15, 0.2) is 0 Å². The first-order chi connectivity index (χ1) is 17.0. The predicted molar refractivity (Wildman–Crippen MR) is 146 cm³/mol. The highest BCUT2D eigenvalue weighted by Crippen LogP contribution is 2.33. The largest absolute Gasteiger partial charge is 0.337 e. The lowest BCUT2D eigenvalue weighted by Gasteiger charge is -2.18. The van der Waals surface area contributed by atoms with Crippen molar-refractivity contribution in [3.8, 4) is 45.7 Å². The van der Waals surface area contributed by atoms with E-state index in [1.807, 2.05) is 24.3 Å². The summed E-state index contributed by atoms with van der Waals surface area (Å²) in [4.78, 5) is 8.55. The van der Waals surface area contributed by atoms with Crippen LogP contribution in [0.1, 0.15) is 37.5 Å². The van der Waals surface area contributed by atoms with Gasteiger partial charge >= 0.3 is 0 Å². The quantitative estimate of drug-likeness (QED) is 0.275. The van der Waals surface area contributed by atoms with E-state index in [4.69, 9.17) is 4.98 Å². The molecule has 5 rings (SSSR count). The van der Waals surface area contributed by atoms with Gasteiger partial charge in [-0.1, -0.05) is 118 Å². The summed E-state index contributed by atoms with van der Waals surface area (Å²) in [7, 11) is 0. The number of rotatable bonds is 3. The number of imidazole rings is 1. The molecule has 0 fully saturated rings. The van der Waals surface area contributed by atoms with E-state index in [-0.39, 0.29) is 5.41 Å². The van der Waals surface area contributed by atoms with Gasteiger partial charge in [0, 0.05) is 27.8 Å². The van der Waals surface area contributed by atoms with Gasteiger partial charge in [-0.25, -0.2) is 4.98 Å². The Balaban J connectivity index is 1.43. The minimum absolute atomic E-state index is 0.147. The zero-order valence-corrected chi connectivity index (χ0v) is 20.3. The van der Waals surface area contributed by atoms with Gasteiger partial charge in [0.1, 0.15) is 5.82 Å². The third-order valence-corrected chi connectivity index (χ3v) is 6.07.